The number of piperidine rings is 1. The lowest BCUT2D eigenvalue weighted by Gasteiger charge is -2.30. The number of aromatic nitrogens is 2. The number of rotatable bonds is 8. The van der Waals surface area contributed by atoms with E-state index in [1.54, 1.807) is 23.4 Å². The number of likely N-dealkylation sites (tertiary alicyclic amines) is 1. The van der Waals surface area contributed by atoms with Gasteiger partial charge in [0.15, 0.2) is 5.75 Å². The summed E-state index contributed by atoms with van der Waals surface area (Å²) in [6.45, 7) is 13.6. The van der Waals surface area contributed by atoms with Crippen molar-refractivity contribution in [1.82, 2.24) is 14.9 Å². The van der Waals surface area contributed by atoms with E-state index in [0.717, 1.165) is 92.3 Å². The van der Waals surface area contributed by atoms with Gasteiger partial charge in [-0.15, -0.1) is 0 Å². The van der Waals surface area contributed by atoms with E-state index in [0.29, 0.717) is 24.1 Å². The fraction of sp³-hybridized carbons (Fsp3) is 0.500. The number of aryl methyl sites for hydroxylation is 3. The van der Waals surface area contributed by atoms with Gasteiger partial charge >= 0.3 is 6.03 Å². The maximum absolute atomic E-state index is 12.3. The minimum atomic E-state index is -0.206. The number of halogens is 1. The molecule has 0 aliphatic carbocycles. The van der Waals surface area contributed by atoms with Crippen molar-refractivity contribution in [3.63, 3.8) is 0 Å². The first-order valence-corrected chi connectivity index (χ1v) is 17.4. The SMILES string of the molecule is CC(C)/C(N)=N/C(=O)N1CCC(CCCOc2cnc(N3CCC(N)C3)nc2)CC1.Cc1ccc(F)cc1C.Cc1ccc(SO)cc1. The highest BCUT2D eigenvalue weighted by Crippen LogP contribution is 2.23. The molecule has 12 heteroatoms. The van der Waals surface area contributed by atoms with Gasteiger partial charge in [0.25, 0.3) is 0 Å². The van der Waals surface area contributed by atoms with Gasteiger partial charge in [0.2, 0.25) is 5.95 Å². The van der Waals surface area contributed by atoms with Gasteiger partial charge in [-0.05, 0) is 94.2 Å². The zero-order valence-electron chi connectivity index (χ0n) is 28.9. The molecule has 48 heavy (non-hydrogen) atoms. The summed E-state index contributed by atoms with van der Waals surface area (Å²) >= 11 is 0.777. The summed E-state index contributed by atoms with van der Waals surface area (Å²) in [5.74, 6) is 2.37. The highest BCUT2D eigenvalue weighted by Gasteiger charge is 2.23. The van der Waals surface area contributed by atoms with Crippen LogP contribution in [-0.2, 0) is 0 Å². The van der Waals surface area contributed by atoms with Gasteiger partial charge in [-0.25, -0.2) is 19.2 Å². The summed E-state index contributed by atoms with van der Waals surface area (Å²) < 4.78 is 26.7. The molecule has 2 amide bonds. The molecule has 5 N–H and O–H groups in total. The minimum absolute atomic E-state index is 0.0895. The third-order valence-corrected chi connectivity index (χ3v) is 8.93. The lowest BCUT2D eigenvalue weighted by molar-refractivity contribution is 0.172. The van der Waals surface area contributed by atoms with Gasteiger partial charge in [-0.2, -0.15) is 4.99 Å². The van der Waals surface area contributed by atoms with Gasteiger partial charge < -0.3 is 30.6 Å². The number of anilines is 1. The molecule has 1 atom stereocenters. The van der Waals surface area contributed by atoms with E-state index in [-0.39, 0.29) is 23.8 Å². The first kappa shape index (κ1) is 38.7. The van der Waals surface area contributed by atoms with Crippen molar-refractivity contribution in [3.05, 3.63) is 77.4 Å². The second-order valence-electron chi connectivity index (χ2n) is 12.7. The van der Waals surface area contributed by atoms with Crippen LogP contribution >= 0.6 is 12.0 Å². The second kappa shape index (κ2) is 19.9. The Bertz CT molecular complexity index is 1430. The third-order valence-electron chi connectivity index (χ3n) is 8.44. The molecule has 3 aromatic rings. The number of amidine groups is 1. The maximum atomic E-state index is 12.3. The summed E-state index contributed by atoms with van der Waals surface area (Å²) in [6, 6.07) is 12.5. The number of amides is 2. The molecular weight excluding hydrogens is 630 g/mol. The second-order valence-corrected chi connectivity index (χ2v) is 13.4. The molecule has 5 rings (SSSR count). The lowest BCUT2D eigenvalue weighted by Crippen LogP contribution is -2.38. The van der Waals surface area contributed by atoms with Crippen molar-refractivity contribution in [2.24, 2.45) is 28.3 Å². The Hall–Kier alpha value is -3.74. The van der Waals surface area contributed by atoms with Crippen molar-refractivity contribution in [1.29, 1.82) is 0 Å². The van der Waals surface area contributed by atoms with Crippen molar-refractivity contribution in [2.75, 3.05) is 37.7 Å². The van der Waals surface area contributed by atoms with E-state index in [4.69, 9.17) is 20.8 Å². The average molecular weight is 682 g/mol. The molecule has 2 aliphatic rings. The Morgan fingerprint density at radius 3 is 2.25 bits per heavy atom. The van der Waals surface area contributed by atoms with E-state index in [1.165, 1.54) is 17.7 Å². The lowest BCUT2D eigenvalue weighted by atomic mass is 9.92. The van der Waals surface area contributed by atoms with Crippen molar-refractivity contribution in [2.45, 2.75) is 77.7 Å². The molecule has 0 bridgehead atoms. The fourth-order valence-corrected chi connectivity index (χ4v) is 5.36. The topological polar surface area (TPSA) is 143 Å². The van der Waals surface area contributed by atoms with Gasteiger partial charge in [0.05, 0.1) is 19.0 Å². The number of hydrogen-bond donors (Lipinski definition) is 3. The third kappa shape index (κ3) is 13.4. The van der Waals surface area contributed by atoms with Crippen LogP contribution < -0.4 is 21.1 Å². The van der Waals surface area contributed by atoms with E-state index < -0.39 is 0 Å². The predicted molar refractivity (Wildman–Crippen MR) is 193 cm³/mol. The monoisotopic (exact) mass is 681 g/mol. The number of ether oxygens (including phenoxy) is 1. The molecule has 1 unspecified atom stereocenters. The van der Waals surface area contributed by atoms with Crippen LogP contribution in [0.4, 0.5) is 15.1 Å². The van der Waals surface area contributed by atoms with Crippen LogP contribution in [0.2, 0.25) is 0 Å². The Balaban J connectivity index is 0.000000280. The molecule has 2 fully saturated rings. The largest absolute Gasteiger partial charge is 0.490 e. The highest BCUT2D eigenvalue weighted by atomic mass is 32.2. The zero-order chi connectivity index (χ0) is 35.1. The molecule has 0 saturated carbocycles. The number of nitrogens with two attached hydrogens (primary N) is 2. The van der Waals surface area contributed by atoms with Crippen molar-refractivity contribution >= 4 is 29.9 Å². The van der Waals surface area contributed by atoms with Gasteiger partial charge in [-0.3, -0.25) is 0 Å². The Morgan fingerprint density at radius 1 is 1.04 bits per heavy atom. The molecule has 10 nitrogen and oxygen atoms in total. The molecule has 2 aromatic carbocycles. The quantitative estimate of drug-likeness (QED) is 0.0989. The number of carbonyl (C=O) groups is 1. The minimum Gasteiger partial charge on any atom is -0.490 e. The fourth-order valence-electron chi connectivity index (χ4n) is 5.11. The van der Waals surface area contributed by atoms with Crippen LogP contribution in [0.1, 0.15) is 62.6 Å². The number of benzene rings is 2. The van der Waals surface area contributed by atoms with Crippen LogP contribution in [0.3, 0.4) is 0 Å². The van der Waals surface area contributed by atoms with Crippen LogP contribution in [0.25, 0.3) is 0 Å². The average Bonchev–Trinajstić information content (AvgIpc) is 3.52. The van der Waals surface area contributed by atoms with Crippen molar-refractivity contribution in [3.8, 4) is 5.75 Å². The molecule has 262 valence electrons. The van der Waals surface area contributed by atoms with E-state index >= 15 is 0 Å². The van der Waals surface area contributed by atoms with Crippen LogP contribution in [0, 0.1) is 38.4 Å². The number of aliphatic imine (C=N–C) groups is 1. The molecule has 0 spiro atoms. The van der Waals surface area contributed by atoms with Gasteiger partial charge in [0, 0.05) is 55.1 Å². The standard InChI is InChI=1S/C21H35N7O2.C8H9F.C7H8OS/c1-15(2)19(23)26-21(29)27-8-5-16(6-9-27)4-3-11-30-18-12-24-20(25-13-18)28-10-7-17(22)14-28;1-6-3-4-8(9)5-7(6)2;1-6-2-4-7(9-8)5-3-6/h12-13,15-17H,3-11,14,22H2,1-2H3,(H2,23,26,29);3-5H,1-2H3;2-5,8H,1H3. The normalized spacial score (nSPS) is 16.6. The van der Waals surface area contributed by atoms with Crippen LogP contribution in [-0.4, -0.2) is 70.1 Å². The molecule has 3 heterocycles. The van der Waals surface area contributed by atoms with Crippen LogP contribution in [0.15, 0.2) is 64.7 Å². The van der Waals surface area contributed by atoms with Gasteiger partial charge in [0.1, 0.15) is 11.7 Å². The summed E-state index contributed by atoms with van der Waals surface area (Å²) in [5.41, 5.74) is 15.1. The predicted octanol–water partition coefficient (Wildman–Crippen LogP) is 7.02. The summed E-state index contributed by atoms with van der Waals surface area (Å²) in [4.78, 5) is 29.8. The Kier molecular flexibility index (Phi) is 16.1. The number of hydrogen-bond acceptors (Lipinski definition) is 8. The number of nitrogens with zero attached hydrogens (tertiary/aromatic N) is 5. The molecule has 2 saturated heterocycles. The molecule has 1 aromatic heterocycles. The number of urea groups is 1. The highest BCUT2D eigenvalue weighted by molar-refractivity contribution is 7.93. The smallest absolute Gasteiger partial charge is 0.345 e. The summed E-state index contributed by atoms with van der Waals surface area (Å²) in [7, 11) is 0. The Morgan fingerprint density at radius 2 is 1.71 bits per heavy atom. The van der Waals surface area contributed by atoms with Crippen molar-refractivity contribution < 1.29 is 18.5 Å². The van der Waals surface area contributed by atoms with E-state index in [2.05, 4.69) is 19.9 Å². The van der Waals surface area contributed by atoms with Gasteiger partial charge in [-0.1, -0.05) is 37.6 Å². The Labute approximate surface area is 289 Å². The molecule has 0 radical (unpaired) electrons. The maximum Gasteiger partial charge on any atom is 0.345 e. The van der Waals surface area contributed by atoms with Crippen LogP contribution in [0.5, 0.6) is 5.75 Å². The van der Waals surface area contributed by atoms with E-state index in [1.807, 2.05) is 58.9 Å². The summed E-state index contributed by atoms with van der Waals surface area (Å²) in [5, 5.41) is 0. The summed E-state index contributed by atoms with van der Waals surface area (Å²) in [6.07, 6.45) is 8.51. The first-order valence-electron chi connectivity index (χ1n) is 16.6. The number of carbonyl (C=O) groups excluding carboxylic acids is 1. The zero-order valence-corrected chi connectivity index (χ0v) is 29.8. The van der Waals surface area contributed by atoms with E-state index in [9.17, 15) is 9.18 Å². The first-order chi connectivity index (χ1) is 22.9. The molecular formula is C36H52FN7O3S. The molecule has 2 aliphatic heterocycles.